The van der Waals surface area contributed by atoms with Crippen LogP contribution < -0.4 is 5.32 Å². The van der Waals surface area contributed by atoms with Gasteiger partial charge in [0.2, 0.25) is 0 Å². The average molecular weight is 327 g/mol. The molecular formula is C12H11BrN2O2S. The molecule has 0 radical (unpaired) electrons. The molecule has 0 bridgehead atoms. The molecule has 1 aromatic heterocycles. The third-order valence-corrected chi connectivity index (χ3v) is 3.94. The topological polar surface area (TPSA) is 62.2 Å². The summed E-state index contributed by atoms with van der Waals surface area (Å²) < 4.78 is 0.751. The first-order chi connectivity index (χ1) is 8.66. The van der Waals surface area contributed by atoms with Crippen LogP contribution in [0.3, 0.4) is 0 Å². The van der Waals surface area contributed by atoms with Gasteiger partial charge in [-0.05, 0) is 21.5 Å². The highest BCUT2D eigenvalue weighted by atomic mass is 79.9. The quantitative estimate of drug-likeness (QED) is 0.885. The van der Waals surface area contributed by atoms with E-state index >= 15 is 0 Å². The number of aromatic nitrogens is 1. The van der Waals surface area contributed by atoms with Gasteiger partial charge in [-0.1, -0.05) is 30.3 Å². The van der Waals surface area contributed by atoms with Crippen molar-refractivity contribution in [3.05, 3.63) is 45.9 Å². The number of anilines is 1. The Morgan fingerprint density at radius 2 is 2.17 bits per heavy atom. The Balaban J connectivity index is 2.06. The van der Waals surface area contributed by atoms with Crippen LogP contribution in [-0.2, 0) is 4.79 Å². The second-order valence-corrected chi connectivity index (χ2v) is 5.33. The van der Waals surface area contributed by atoms with Crippen molar-refractivity contribution in [1.29, 1.82) is 0 Å². The molecule has 1 atom stereocenters. The zero-order chi connectivity index (χ0) is 13.0. The monoisotopic (exact) mass is 326 g/mol. The van der Waals surface area contributed by atoms with Crippen molar-refractivity contribution in [1.82, 2.24) is 4.98 Å². The zero-order valence-corrected chi connectivity index (χ0v) is 11.7. The van der Waals surface area contributed by atoms with E-state index in [4.69, 9.17) is 0 Å². The van der Waals surface area contributed by atoms with Crippen LogP contribution in [0.4, 0.5) is 5.13 Å². The van der Waals surface area contributed by atoms with Gasteiger partial charge in [-0.25, -0.2) is 4.98 Å². The number of thiazole rings is 1. The molecule has 0 aliphatic carbocycles. The summed E-state index contributed by atoms with van der Waals surface area (Å²) in [5, 5.41) is 14.8. The minimum atomic E-state index is -0.843. The maximum Gasteiger partial charge on any atom is 0.312 e. The number of hydrogen-bond acceptors (Lipinski definition) is 4. The van der Waals surface area contributed by atoms with E-state index in [0.29, 0.717) is 11.7 Å². The number of carbonyl (C=O) groups is 1. The molecule has 2 rings (SSSR count). The Morgan fingerprint density at radius 1 is 1.44 bits per heavy atom. The molecule has 1 unspecified atom stereocenters. The van der Waals surface area contributed by atoms with Crippen molar-refractivity contribution in [2.24, 2.45) is 0 Å². The Hall–Kier alpha value is -1.40. The van der Waals surface area contributed by atoms with E-state index in [1.165, 1.54) is 11.3 Å². The van der Waals surface area contributed by atoms with Gasteiger partial charge in [0.05, 0.1) is 5.92 Å². The second kappa shape index (κ2) is 5.97. The maximum atomic E-state index is 11.3. The minimum absolute atomic E-state index is 0.319. The molecule has 6 heteroatoms. The maximum absolute atomic E-state index is 11.3. The highest BCUT2D eigenvalue weighted by molar-refractivity contribution is 9.10. The van der Waals surface area contributed by atoms with Crippen molar-refractivity contribution in [3.63, 3.8) is 0 Å². The van der Waals surface area contributed by atoms with Crippen LogP contribution in [0.2, 0.25) is 0 Å². The van der Waals surface area contributed by atoms with Gasteiger partial charge in [0, 0.05) is 11.9 Å². The van der Waals surface area contributed by atoms with Crippen LogP contribution in [0.1, 0.15) is 11.5 Å². The van der Waals surface area contributed by atoms with Crippen LogP contribution in [0.25, 0.3) is 0 Å². The first kappa shape index (κ1) is 13.0. The predicted molar refractivity (Wildman–Crippen MR) is 75.1 cm³/mol. The largest absolute Gasteiger partial charge is 0.481 e. The van der Waals surface area contributed by atoms with Crippen LogP contribution >= 0.6 is 27.3 Å². The first-order valence-electron chi connectivity index (χ1n) is 5.29. The number of aliphatic carboxylic acids is 1. The molecule has 0 spiro atoms. The number of halogens is 1. The second-order valence-electron chi connectivity index (χ2n) is 3.66. The van der Waals surface area contributed by atoms with Crippen molar-refractivity contribution >= 4 is 38.4 Å². The molecule has 0 fully saturated rings. The lowest BCUT2D eigenvalue weighted by atomic mass is 9.99. The molecule has 0 saturated heterocycles. The smallest absolute Gasteiger partial charge is 0.312 e. The summed E-state index contributed by atoms with van der Waals surface area (Å²) in [4.78, 5) is 15.4. The van der Waals surface area contributed by atoms with Crippen molar-refractivity contribution in [3.8, 4) is 0 Å². The van der Waals surface area contributed by atoms with Crippen LogP contribution in [0.15, 0.2) is 40.3 Å². The van der Waals surface area contributed by atoms with E-state index in [1.807, 2.05) is 35.7 Å². The Kier molecular flexibility index (Phi) is 4.33. The molecule has 4 nitrogen and oxygen atoms in total. The average Bonchev–Trinajstić information content (AvgIpc) is 2.76. The van der Waals surface area contributed by atoms with Crippen LogP contribution in [0.5, 0.6) is 0 Å². The molecule has 18 heavy (non-hydrogen) atoms. The fraction of sp³-hybridized carbons (Fsp3) is 0.167. The van der Waals surface area contributed by atoms with E-state index < -0.39 is 11.9 Å². The van der Waals surface area contributed by atoms with Gasteiger partial charge in [-0.3, -0.25) is 4.79 Å². The minimum Gasteiger partial charge on any atom is -0.481 e. The van der Waals surface area contributed by atoms with Gasteiger partial charge < -0.3 is 10.4 Å². The van der Waals surface area contributed by atoms with Gasteiger partial charge in [0.1, 0.15) is 4.60 Å². The molecule has 94 valence electrons. The van der Waals surface area contributed by atoms with Gasteiger partial charge in [0.25, 0.3) is 0 Å². The van der Waals surface area contributed by atoms with E-state index in [-0.39, 0.29) is 0 Å². The molecule has 2 aromatic rings. The Labute approximate surface area is 117 Å². The molecular weight excluding hydrogens is 316 g/mol. The van der Waals surface area contributed by atoms with E-state index in [1.54, 1.807) is 0 Å². The van der Waals surface area contributed by atoms with Crippen molar-refractivity contribution in [2.75, 3.05) is 11.9 Å². The van der Waals surface area contributed by atoms with Gasteiger partial charge in [-0.2, -0.15) is 0 Å². The summed E-state index contributed by atoms with van der Waals surface area (Å²) in [5.41, 5.74) is 0.785. The van der Waals surface area contributed by atoms with Crippen LogP contribution in [-0.4, -0.2) is 22.6 Å². The summed E-state index contributed by atoms with van der Waals surface area (Å²) in [6.45, 7) is 0.319. The molecule has 0 aliphatic heterocycles. The SMILES string of the molecule is O=C(O)C(CNc1nc(Br)cs1)c1ccccc1. The number of nitrogens with one attached hydrogen (secondary N) is 1. The van der Waals surface area contributed by atoms with Gasteiger partial charge in [-0.15, -0.1) is 11.3 Å². The normalized spacial score (nSPS) is 12.1. The number of hydrogen-bond donors (Lipinski definition) is 2. The lowest BCUT2D eigenvalue weighted by molar-refractivity contribution is -0.138. The highest BCUT2D eigenvalue weighted by Crippen LogP contribution is 2.22. The molecule has 0 amide bonds. The summed E-state index contributed by atoms with van der Waals surface area (Å²) in [7, 11) is 0. The third-order valence-electron chi connectivity index (χ3n) is 2.43. The van der Waals surface area contributed by atoms with Gasteiger partial charge >= 0.3 is 5.97 Å². The number of nitrogens with zero attached hydrogens (tertiary/aromatic N) is 1. The number of carboxylic acids is 1. The van der Waals surface area contributed by atoms with E-state index in [9.17, 15) is 9.90 Å². The number of rotatable bonds is 5. The summed E-state index contributed by atoms with van der Waals surface area (Å²) in [6, 6.07) is 9.18. The molecule has 0 saturated carbocycles. The molecule has 2 N–H and O–H groups in total. The summed E-state index contributed by atoms with van der Waals surface area (Å²) in [6.07, 6.45) is 0. The fourth-order valence-corrected chi connectivity index (χ4v) is 2.71. The molecule has 1 heterocycles. The third kappa shape index (κ3) is 3.30. The first-order valence-corrected chi connectivity index (χ1v) is 6.96. The van der Waals surface area contributed by atoms with E-state index in [0.717, 1.165) is 10.2 Å². The predicted octanol–water partition coefficient (Wildman–Crippen LogP) is 3.19. The standard InChI is InChI=1S/C12H11BrN2O2S/c13-10-7-18-12(15-10)14-6-9(11(16)17)8-4-2-1-3-5-8/h1-5,7,9H,6H2,(H,14,15)(H,16,17). The fourth-order valence-electron chi connectivity index (χ4n) is 1.56. The summed E-state index contributed by atoms with van der Waals surface area (Å²) in [5.74, 6) is -1.42. The van der Waals surface area contributed by atoms with Crippen molar-refractivity contribution < 1.29 is 9.90 Å². The lowest BCUT2D eigenvalue weighted by Gasteiger charge is -2.12. The zero-order valence-electron chi connectivity index (χ0n) is 9.34. The number of benzene rings is 1. The molecule has 0 aliphatic rings. The van der Waals surface area contributed by atoms with E-state index in [2.05, 4.69) is 26.2 Å². The van der Waals surface area contributed by atoms with Gasteiger partial charge in [0.15, 0.2) is 5.13 Å². The Bertz CT molecular complexity index is 530. The van der Waals surface area contributed by atoms with Crippen LogP contribution in [0, 0.1) is 0 Å². The number of carboxylic acid groups (broad SMARTS) is 1. The Morgan fingerprint density at radius 3 is 2.72 bits per heavy atom. The summed E-state index contributed by atoms with van der Waals surface area (Å²) >= 11 is 4.69. The van der Waals surface area contributed by atoms with Crippen molar-refractivity contribution in [2.45, 2.75) is 5.92 Å². The lowest BCUT2D eigenvalue weighted by Crippen LogP contribution is -2.20. The molecule has 1 aromatic carbocycles. The highest BCUT2D eigenvalue weighted by Gasteiger charge is 2.19.